The van der Waals surface area contributed by atoms with E-state index in [1.807, 2.05) is 24.3 Å². The Morgan fingerprint density at radius 1 is 1.10 bits per heavy atom. The van der Waals surface area contributed by atoms with Crippen molar-refractivity contribution in [3.63, 3.8) is 0 Å². The van der Waals surface area contributed by atoms with Crippen molar-refractivity contribution >= 4 is 33.7 Å². The Morgan fingerprint density at radius 3 is 2.57 bits per heavy atom. The molecule has 3 rings (SSSR count). The third-order valence-electron chi connectivity index (χ3n) is 3.02. The van der Waals surface area contributed by atoms with E-state index in [1.165, 1.54) is 12.1 Å². The highest BCUT2D eigenvalue weighted by Gasteiger charge is 2.21. The number of ether oxygens (including phenoxy) is 1. The highest BCUT2D eigenvalue weighted by Crippen LogP contribution is 2.27. The molecule has 1 aliphatic rings. The molecule has 0 saturated carbocycles. The Morgan fingerprint density at radius 2 is 1.86 bits per heavy atom. The largest absolute Gasteiger partial charge is 0.422 e. The van der Waals surface area contributed by atoms with Crippen LogP contribution in [0.15, 0.2) is 64.7 Å². The number of rotatable bonds is 2. The molecule has 0 fully saturated rings. The van der Waals surface area contributed by atoms with E-state index in [4.69, 9.17) is 4.74 Å². The number of hydrogen-bond acceptors (Lipinski definition) is 2. The molecule has 0 unspecified atom stereocenters. The van der Waals surface area contributed by atoms with E-state index in [0.29, 0.717) is 16.9 Å². The van der Waals surface area contributed by atoms with E-state index < -0.39 is 5.97 Å². The van der Waals surface area contributed by atoms with Crippen LogP contribution in [-0.2, 0) is 9.53 Å². The smallest absolute Gasteiger partial charge is 0.343 e. The standard InChI is InChI=1S/C17H10BrFO2/c18-14-3-1-2-11(9-14)8-13-10-16(21-17(13)20)12-4-6-15(19)7-5-12/h1-10H/b13-8+. The van der Waals surface area contributed by atoms with Gasteiger partial charge in [-0.05, 0) is 54.1 Å². The van der Waals surface area contributed by atoms with Crippen molar-refractivity contribution in [1.29, 1.82) is 0 Å². The van der Waals surface area contributed by atoms with E-state index in [0.717, 1.165) is 10.0 Å². The second-order valence-electron chi connectivity index (χ2n) is 4.56. The lowest BCUT2D eigenvalue weighted by Crippen LogP contribution is -1.97. The average Bonchev–Trinajstić information content (AvgIpc) is 2.81. The van der Waals surface area contributed by atoms with Gasteiger partial charge >= 0.3 is 5.97 Å². The van der Waals surface area contributed by atoms with Crippen molar-refractivity contribution in [3.05, 3.63) is 81.6 Å². The van der Waals surface area contributed by atoms with Gasteiger partial charge in [0.25, 0.3) is 0 Å². The molecule has 0 aromatic heterocycles. The molecule has 4 heteroatoms. The zero-order chi connectivity index (χ0) is 14.8. The van der Waals surface area contributed by atoms with E-state index in [1.54, 1.807) is 24.3 Å². The van der Waals surface area contributed by atoms with E-state index in [2.05, 4.69) is 15.9 Å². The maximum Gasteiger partial charge on any atom is 0.343 e. The minimum Gasteiger partial charge on any atom is -0.422 e. The first-order valence-corrected chi connectivity index (χ1v) is 7.08. The monoisotopic (exact) mass is 344 g/mol. The fourth-order valence-electron chi connectivity index (χ4n) is 2.02. The Kier molecular flexibility index (Phi) is 3.71. The Balaban J connectivity index is 1.93. The molecule has 0 amide bonds. The molecule has 0 radical (unpaired) electrons. The third-order valence-corrected chi connectivity index (χ3v) is 3.52. The molecule has 0 N–H and O–H groups in total. The van der Waals surface area contributed by atoms with Crippen molar-refractivity contribution in [2.24, 2.45) is 0 Å². The first kappa shape index (κ1) is 13.8. The number of carbonyl (C=O) groups excluding carboxylic acids is 1. The van der Waals surface area contributed by atoms with E-state index >= 15 is 0 Å². The SMILES string of the molecule is O=C1OC(c2ccc(F)cc2)=C/C1=C\c1cccc(Br)c1. The average molecular weight is 345 g/mol. The van der Waals surface area contributed by atoms with Crippen LogP contribution in [0.2, 0.25) is 0 Å². The lowest BCUT2D eigenvalue weighted by molar-refractivity contribution is -0.130. The highest BCUT2D eigenvalue weighted by molar-refractivity contribution is 9.10. The summed E-state index contributed by atoms with van der Waals surface area (Å²) in [6.07, 6.45) is 3.42. The van der Waals surface area contributed by atoms with Crippen molar-refractivity contribution in [1.82, 2.24) is 0 Å². The summed E-state index contributed by atoms with van der Waals surface area (Å²) in [5.41, 5.74) is 2.03. The van der Waals surface area contributed by atoms with Crippen molar-refractivity contribution < 1.29 is 13.9 Å². The van der Waals surface area contributed by atoms with Gasteiger partial charge < -0.3 is 4.74 Å². The summed E-state index contributed by atoms with van der Waals surface area (Å²) in [7, 11) is 0. The van der Waals surface area contributed by atoms with Gasteiger partial charge in [-0.25, -0.2) is 9.18 Å². The lowest BCUT2D eigenvalue weighted by atomic mass is 10.1. The van der Waals surface area contributed by atoms with Crippen LogP contribution >= 0.6 is 15.9 Å². The number of carbonyl (C=O) groups is 1. The molecule has 2 aromatic rings. The van der Waals surface area contributed by atoms with Crippen molar-refractivity contribution in [2.75, 3.05) is 0 Å². The quantitative estimate of drug-likeness (QED) is 0.589. The van der Waals surface area contributed by atoms with Gasteiger partial charge in [-0.2, -0.15) is 0 Å². The summed E-state index contributed by atoms with van der Waals surface area (Å²) < 4.78 is 19.1. The molecule has 2 nitrogen and oxygen atoms in total. The minimum absolute atomic E-state index is 0.325. The van der Waals surface area contributed by atoms with Crippen LogP contribution in [0.3, 0.4) is 0 Å². The lowest BCUT2D eigenvalue weighted by Gasteiger charge is -2.00. The molecule has 1 heterocycles. The van der Waals surface area contributed by atoms with Crippen LogP contribution in [0.5, 0.6) is 0 Å². The molecule has 0 bridgehead atoms. The molecule has 2 aromatic carbocycles. The summed E-state index contributed by atoms with van der Waals surface area (Å²) in [5.74, 6) is -0.302. The van der Waals surface area contributed by atoms with Crippen LogP contribution in [0.4, 0.5) is 4.39 Å². The normalized spacial score (nSPS) is 16.0. The van der Waals surface area contributed by atoms with Gasteiger partial charge in [-0.3, -0.25) is 0 Å². The van der Waals surface area contributed by atoms with Gasteiger partial charge in [0.1, 0.15) is 11.6 Å². The zero-order valence-corrected chi connectivity index (χ0v) is 12.4. The first-order chi connectivity index (χ1) is 10.1. The third kappa shape index (κ3) is 3.11. The fourth-order valence-corrected chi connectivity index (χ4v) is 2.44. The number of hydrogen-bond donors (Lipinski definition) is 0. The highest BCUT2D eigenvalue weighted by atomic mass is 79.9. The van der Waals surface area contributed by atoms with Gasteiger partial charge in [0.05, 0.1) is 5.57 Å². The summed E-state index contributed by atoms with van der Waals surface area (Å²) in [5, 5.41) is 0. The molecule has 21 heavy (non-hydrogen) atoms. The Labute approximate surface area is 129 Å². The molecule has 0 atom stereocenters. The summed E-state index contributed by atoms with van der Waals surface area (Å²) in [6, 6.07) is 13.4. The Bertz CT molecular complexity index is 761. The van der Waals surface area contributed by atoms with Crippen LogP contribution in [0, 0.1) is 5.82 Å². The van der Waals surface area contributed by atoms with Gasteiger partial charge in [0, 0.05) is 10.0 Å². The second-order valence-corrected chi connectivity index (χ2v) is 5.48. The Hall–Kier alpha value is -2.20. The van der Waals surface area contributed by atoms with Gasteiger partial charge in [-0.15, -0.1) is 0 Å². The number of esters is 1. The molecule has 0 aliphatic carbocycles. The number of cyclic esters (lactones) is 1. The second kappa shape index (κ2) is 5.66. The molecule has 1 aliphatic heterocycles. The molecule has 0 spiro atoms. The molecular formula is C17H10BrFO2. The summed E-state index contributed by atoms with van der Waals surface area (Å²) in [6.45, 7) is 0. The number of benzene rings is 2. The van der Waals surface area contributed by atoms with Gasteiger partial charge in [0.2, 0.25) is 0 Å². The maximum atomic E-state index is 12.9. The minimum atomic E-state index is -0.408. The molecular weight excluding hydrogens is 335 g/mol. The van der Waals surface area contributed by atoms with Gasteiger partial charge in [-0.1, -0.05) is 28.1 Å². The zero-order valence-electron chi connectivity index (χ0n) is 10.8. The predicted octanol–water partition coefficient (Wildman–Crippen LogP) is 4.57. The number of halogens is 2. The predicted molar refractivity (Wildman–Crippen MR) is 82.6 cm³/mol. The summed E-state index contributed by atoms with van der Waals surface area (Å²) in [4.78, 5) is 11.9. The van der Waals surface area contributed by atoms with E-state index in [-0.39, 0.29) is 5.82 Å². The molecule has 104 valence electrons. The first-order valence-electron chi connectivity index (χ1n) is 6.29. The van der Waals surface area contributed by atoms with E-state index in [9.17, 15) is 9.18 Å². The topological polar surface area (TPSA) is 26.3 Å². The van der Waals surface area contributed by atoms with Crippen molar-refractivity contribution in [2.45, 2.75) is 0 Å². The molecule has 0 saturated heterocycles. The van der Waals surface area contributed by atoms with Crippen LogP contribution in [0.1, 0.15) is 11.1 Å². The van der Waals surface area contributed by atoms with Crippen LogP contribution in [0.25, 0.3) is 11.8 Å². The maximum absolute atomic E-state index is 12.9. The van der Waals surface area contributed by atoms with Crippen LogP contribution < -0.4 is 0 Å². The summed E-state index contributed by atoms with van der Waals surface area (Å²) >= 11 is 3.39. The fraction of sp³-hybridized carbons (Fsp3) is 0. The van der Waals surface area contributed by atoms with Crippen molar-refractivity contribution in [3.8, 4) is 0 Å². The van der Waals surface area contributed by atoms with Crippen LogP contribution in [-0.4, -0.2) is 5.97 Å². The van der Waals surface area contributed by atoms with Gasteiger partial charge in [0.15, 0.2) is 0 Å².